The lowest BCUT2D eigenvalue weighted by Gasteiger charge is -2.26. The van der Waals surface area contributed by atoms with E-state index in [1.54, 1.807) is 28.6 Å². The van der Waals surface area contributed by atoms with Crippen molar-refractivity contribution in [2.75, 3.05) is 12.3 Å². The van der Waals surface area contributed by atoms with Crippen LogP contribution in [0.25, 0.3) is 0 Å². The molecule has 1 aromatic carbocycles. The van der Waals surface area contributed by atoms with Crippen molar-refractivity contribution >= 4 is 16.0 Å². The molecule has 0 spiro atoms. The fourth-order valence-electron chi connectivity index (χ4n) is 2.84. The van der Waals surface area contributed by atoms with Crippen molar-refractivity contribution in [2.24, 2.45) is 0 Å². The summed E-state index contributed by atoms with van der Waals surface area (Å²) in [5.74, 6) is -0.743. The number of nitrogens with zero attached hydrogens (tertiary/aromatic N) is 1. The summed E-state index contributed by atoms with van der Waals surface area (Å²) in [6.45, 7) is 0.572. The Labute approximate surface area is 111 Å². The average molecular weight is 281 g/mol. The fraction of sp³-hybridized carbons (Fsp3) is 0.462. The van der Waals surface area contributed by atoms with Crippen molar-refractivity contribution in [3.8, 4) is 0 Å². The van der Waals surface area contributed by atoms with Crippen molar-refractivity contribution in [2.45, 2.75) is 24.8 Å². The molecule has 102 valence electrons. The number of carboxylic acid groups (broad SMARTS) is 1. The summed E-state index contributed by atoms with van der Waals surface area (Å²) in [5, 5.41) is 8.88. The summed E-state index contributed by atoms with van der Waals surface area (Å²) < 4.78 is 25.7. The molecule has 1 aliphatic carbocycles. The maximum Gasteiger partial charge on any atom is 0.335 e. The summed E-state index contributed by atoms with van der Waals surface area (Å²) in [6.07, 6.45) is 2.31. The van der Waals surface area contributed by atoms with Gasteiger partial charge in [0, 0.05) is 6.54 Å². The van der Waals surface area contributed by atoms with Crippen LogP contribution in [-0.2, 0) is 15.6 Å². The minimum atomic E-state index is -3.14. The van der Waals surface area contributed by atoms with Crippen LogP contribution in [-0.4, -0.2) is 36.1 Å². The molecule has 0 radical (unpaired) electrons. The van der Waals surface area contributed by atoms with Crippen LogP contribution in [0.2, 0.25) is 0 Å². The van der Waals surface area contributed by atoms with Gasteiger partial charge in [0.25, 0.3) is 0 Å². The molecule has 19 heavy (non-hydrogen) atoms. The van der Waals surface area contributed by atoms with Gasteiger partial charge in [0.2, 0.25) is 10.0 Å². The highest BCUT2D eigenvalue weighted by atomic mass is 32.2. The summed E-state index contributed by atoms with van der Waals surface area (Å²) in [5.41, 5.74) is 0.721. The van der Waals surface area contributed by atoms with E-state index >= 15 is 0 Å². The van der Waals surface area contributed by atoms with Crippen molar-refractivity contribution in [1.82, 2.24) is 4.31 Å². The van der Waals surface area contributed by atoms with Crippen LogP contribution in [0.1, 0.15) is 35.2 Å². The van der Waals surface area contributed by atoms with Gasteiger partial charge in [0.05, 0.1) is 16.9 Å². The minimum absolute atomic E-state index is 0.224. The normalized spacial score (nSPS) is 24.2. The van der Waals surface area contributed by atoms with Crippen LogP contribution >= 0.6 is 0 Å². The third-order valence-electron chi connectivity index (χ3n) is 3.97. The zero-order valence-electron chi connectivity index (χ0n) is 10.4. The molecule has 3 rings (SSSR count). The van der Waals surface area contributed by atoms with Gasteiger partial charge in [-0.2, -0.15) is 4.31 Å². The Balaban J connectivity index is 1.95. The average Bonchev–Trinajstić information content (AvgIpc) is 3.09. The van der Waals surface area contributed by atoms with Crippen molar-refractivity contribution in [3.63, 3.8) is 0 Å². The molecule has 0 bridgehead atoms. The number of hydrogen-bond acceptors (Lipinski definition) is 3. The maximum absolute atomic E-state index is 12.0. The van der Waals surface area contributed by atoms with E-state index < -0.39 is 21.5 Å². The lowest BCUT2D eigenvalue weighted by molar-refractivity contribution is 0.0697. The largest absolute Gasteiger partial charge is 0.478 e. The maximum atomic E-state index is 12.0. The standard InChI is InChI=1S/C13H15NO4S/c15-12(16)10-2-4-11(5-3-10)13(6-7-13)14-8-1-9-19(14,17)18/h2-5H,1,6-9H2,(H,15,16). The van der Waals surface area contributed by atoms with Crippen molar-refractivity contribution in [1.29, 1.82) is 0 Å². The monoisotopic (exact) mass is 281 g/mol. The molecule has 1 aromatic rings. The molecular weight excluding hydrogens is 266 g/mol. The van der Waals surface area contributed by atoms with Gasteiger partial charge in [0.15, 0.2) is 0 Å². The molecule has 1 aliphatic heterocycles. The minimum Gasteiger partial charge on any atom is -0.478 e. The van der Waals surface area contributed by atoms with Gasteiger partial charge in [-0.05, 0) is 37.0 Å². The van der Waals surface area contributed by atoms with E-state index in [2.05, 4.69) is 0 Å². The number of benzene rings is 1. The Hall–Kier alpha value is -1.40. The Kier molecular flexibility index (Phi) is 2.69. The van der Waals surface area contributed by atoms with E-state index in [1.165, 1.54) is 0 Å². The van der Waals surface area contributed by atoms with Crippen LogP contribution in [0, 0.1) is 0 Å². The Morgan fingerprint density at radius 3 is 2.26 bits per heavy atom. The van der Waals surface area contributed by atoms with E-state index in [0.717, 1.165) is 18.4 Å². The second-order valence-corrected chi connectivity index (χ2v) is 7.17. The first-order valence-electron chi connectivity index (χ1n) is 6.30. The van der Waals surface area contributed by atoms with Gasteiger partial charge in [-0.15, -0.1) is 0 Å². The summed E-state index contributed by atoms with van der Waals surface area (Å²) in [6, 6.07) is 6.56. The van der Waals surface area contributed by atoms with E-state index in [-0.39, 0.29) is 11.3 Å². The number of rotatable bonds is 3. The molecule has 1 saturated heterocycles. The second kappa shape index (κ2) is 4.05. The summed E-state index contributed by atoms with van der Waals surface area (Å²) in [7, 11) is -3.14. The third kappa shape index (κ3) is 1.95. The number of carbonyl (C=O) groups is 1. The quantitative estimate of drug-likeness (QED) is 0.909. The van der Waals surface area contributed by atoms with Crippen molar-refractivity contribution < 1.29 is 18.3 Å². The van der Waals surface area contributed by atoms with E-state index in [9.17, 15) is 13.2 Å². The van der Waals surface area contributed by atoms with Crippen LogP contribution in [0.4, 0.5) is 0 Å². The predicted octanol–water partition coefficient (Wildman–Crippen LogP) is 1.41. The Morgan fingerprint density at radius 1 is 1.21 bits per heavy atom. The molecule has 0 unspecified atom stereocenters. The second-order valence-electron chi connectivity index (χ2n) is 5.16. The van der Waals surface area contributed by atoms with Crippen LogP contribution in [0.5, 0.6) is 0 Å². The smallest absolute Gasteiger partial charge is 0.335 e. The molecule has 1 saturated carbocycles. The first-order valence-corrected chi connectivity index (χ1v) is 7.91. The van der Waals surface area contributed by atoms with E-state index in [1.807, 2.05) is 0 Å². The highest BCUT2D eigenvalue weighted by molar-refractivity contribution is 7.89. The lowest BCUT2D eigenvalue weighted by Crippen LogP contribution is -2.36. The number of sulfonamides is 1. The Morgan fingerprint density at radius 2 is 1.84 bits per heavy atom. The molecule has 1 heterocycles. The van der Waals surface area contributed by atoms with Crippen LogP contribution in [0.3, 0.4) is 0 Å². The topological polar surface area (TPSA) is 74.7 Å². The van der Waals surface area contributed by atoms with Gasteiger partial charge >= 0.3 is 5.97 Å². The first-order chi connectivity index (χ1) is 8.96. The predicted molar refractivity (Wildman–Crippen MR) is 69.4 cm³/mol. The molecule has 1 N–H and O–H groups in total. The zero-order chi connectivity index (χ0) is 13.7. The molecule has 2 fully saturated rings. The highest BCUT2D eigenvalue weighted by Gasteiger charge is 2.55. The summed E-state index contributed by atoms with van der Waals surface area (Å²) in [4.78, 5) is 10.8. The highest BCUT2D eigenvalue weighted by Crippen LogP contribution is 2.53. The number of hydrogen-bond donors (Lipinski definition) is 1. The molecular formula is C13H15NO4S. The molecule has 0 aromatic heterocycles. The van der Waals surface area contributed by atoms with Crippen LogP contribution < -0.4 is 0 Å². The molecule has 2 aliphatic rings. The fourth-order valence-corrected chi connectivity index (χ4v) is 4.79. The summed E-state index contributed by atoms with van der Waals surface area (Å²) >= 11 is 0. The SMILES string of the molecule is O=C(O)c1ccc(C2(N3CCCS3(=O)=O)CC2)cc1. The van der Waals surface area contributed by atoms with Crippen molar-refractivity contribution in [3.05, 3.63) is 35.4 Å². The Bertz CT molecular complexity index is 617. The van der Waals surface area contributed by atoms with E-state index in [4.69, 9.17) is 5.11 Å². The molecule has 6 heteroatoms. The van der Waals surface area contributed by atoms with Gasteiger partial charge < -0.3 is 5.11 Å². The van der Waals surface area contributed by atoms with E-state index in [0.29, 0.717) is 13.0 Å². The zero-order valence-corrected chi connectivity index (χ0v) is 11.2. The number of aromatic carboxylic acids is 1. The number of carboxylic acids is 1. The first kappa shape index (κ1) is 12.6. The van der Waals surface area contributed by atoms with Gasteiger partial charge in [-0.1, -0.05) is 12.1 Å². The lowest BCUT2D eigenvalue weighted by atomic mass is 10.0. The molecule has 0 atom stereocenters. The van der Waals surface area contributed by atoms with Gasteiger partial charge in [-0.25, -0.2) is 13.2 Å². The molecule has 0 amide bonds. The van der Waals surface area contributed by atoms with Gasteiger partial charge in [0.1, 0.15) is 0 Å². The van der Waals surface area contributed by atoms with Crippen LogP contribution in [0.15, 0.2) is 24.3 Å². The molecule has 5 nitrogen and oxygen atoms in total. The third-order valence-corrected chi connectivity index (χ3v) is 5.98. The van der Waals surface area contributed by atoms with Gasteiger partial charge in [-0.3, -0.25) is 0 Å².